The summed E-state index contributed by atoms with van der Waals surface area (Å²) in [5.74, 6) is -4.68. The summed E-state index contributed by atoms with van der Waals surface area (Å²) in [6.07, 6.45) is -5.37. The number of carbonyl (C=O) groups is 3. The number of carbonyl (C=O) groups excluding carboxylic acids is 3. The quantitative estimate of drug-likeness (QED) is 0.208. The second-order valence-electron chi connectivity index (χ2n) is 15.4. The molecule has 0 spiro atoms. The molecule has 0 bridgehead atoms. The van der Waals surface area contributed by atoms with E-state index in [0.29, 0.717) is 25.7 Å². The monoisotopic (exact) mass is 770 g/mol. The summed E-state index contributed by atoms with van der Waals surface area (Å²) in [6.45, 7) is 7.08. The van der Waals surface area contributed by atoms with Gasteiger partial charge in [-0.15, -0.1) is 0 Å². The van der Waals surface area contributed by atoms with Gasteiger partial charge in [-0.3, -0.25) is 14.4 Å². The lowest BCUT2D eigenvalue weighted by molar-refractivity contribution is -0.320. The van der Waals surface area contributed by atoms with Crippen LogP contribution in [-0.4, -0.2) is 117 Å². The van der Waals surface area contributed by atoms with E-state index in [1.165, 1.54) is 24.3 Å². The van der Waals surface area contributed by atoms with Crippen molar-refractivity contribution in [3.05, 3.63) is 57.6 Å². The van der Waals surface area contributed by atoms with Crippen molar-refractivity contribution in [1.29, 1.82) is 0 Å². The number of benzene rings is 2. The number of esters is 1. The second kappa shape index (κ2) is 15.4. The Kier molecular flexibility index (Phi) is 11.2. The summed E-state index contributed by atoms with van der Waals surface area (Å²) < 4.78 is 42.0. The molecule has 12 unspecified atom stereocenters. The molecule has 55 heavy (non-hydrogen) atoms. The maximum atomic E-state index is 13.8. The van der Waals surface area contributed by atoms with E-state index in [-0.39, 0.29) is 71.0 Å². The number of ether oxygens (including phenoxy) is 7. The SMILES string of the molecule is CC[C@@]1(O)CC(OC2CC(O)C(OC3CCC(OC4CCC(O)C(C)O4)C(C)O3)C(C)O2)c2c(cc3c(c2O)C(=O)c2c(O)cccc2C3=O)C1C(=O)OC. The standard InChI is InChI=1S/C40H50O15/c1-6-40(48)16-27(32-21(34(40)39(47)49-5)14-22-33(37(32)46)36(45)31-20(35(22)44)8-7-9-24(31)42)54-30-15-25(43)38(19(4)52-30)55-29-13-11-26(18(3)51-29)53-28-12-10-23(41)17(2)50-28/h7-9,14,17-19,23,25-30,34,38,41-43,46,48H,6,10-13,15-16H2,1-5H3/t17?,18?,19?,23?,25?,26?,27?,28?,29?,30?,34?,38?,40-/m1/s1. The predicted molar refractivity (Wildman–Crippen MR) is 189 cm³/mol. The minimum atomic E-state index is -1.77. The Labute approximate surface area is 318 Å². The molecular formula is C40H50O15. The first-order valence-electron chi connectivity index (χ1n) is 19.1. The van der Waals surface area contributed by atoms with Crippen LogP contribution in [0.1, 0.15) is 128 Å². The maximum Gasteiger partial charge on any atom is 0.316 e. The van der Waals surface area contributed by atoms with Crippen molar-refractivity contribution in [2.45, 2.75) is 152 Å². The molecule has 0 saturated carbocycles. The number of fused-ring (bicyclic) bond motifs is 3. The van der Waals surface area contributed by atoms with Crippen molar-refractivity contribution in [2.24, 2.45) is 0 Å². The van der Waals surface area contributed by atoms with E-state index in [1.54, 1.807) is 13.8 Å². The first-order valence-corrected chi connectivity index (χ1v) is 19.1. The van der Waals surface area contributed by atoms with E-state index >= 15 is 0 Å². The minimum Gasteiger partial charge on any atom is -0.507 e. The van der Waals surface area contributed by atoms with Gasteiger partial charge in [-0.05, 0) is 57.7 Å². The number of hydrogen-bond acceptors (Lipinski definition) is 15. The molecule has 13 atom stereocenters. The third kappa shape index (κ3) is 7.19. The van der Waals surface area contributed by atoms with Gasteiger partial charge in [-0.2, -0.15) is 0 Å². The Bertz CT molecular complexity index is 1800. The average molecular weight is 771 g/mol. The van der Waals surface area contributed by atoms with Gasteiger partial charge in [-0.25, -0.2) is 0 Å². The smallest absolute Gasteiger partial charge is 0.316 e. The van der Waals surface area contributed by atoms with E-state index in [4.69, 9.17) is 33.2 Å². The molecule has 15 nitrogen and oxygen atoms in total. The van der Waals surface area contributed by atoms with Gasteiger partial charge in [0.25, 0.3) is 0 Å². The Morgan fingerprint density at radius 3 is 2.20 bits per heavy atom. The summed E-state index contributed by atoms with van der Waals surface area (Å²) in [5, 5.41) is 55.7. The minimum absolute atomic E-state index is 0.0120. The first-order chi connectivity index (χ1) is 26.1. The van der Waals surface area contributed by atoms with Crippen LogP contribution in [0, 0.1) is 0 Å². The number of phenols is 2. The fourth-order valence-electron chi connectivity index (χ4n) is 8.80. The lowest BCUT2D eigenvalue weighted by Gasteiger charge is -2.46. The third-order valence-corrected chi connectivity index (χ3v) is 11.9. The van der Waals surface area contributed by atoms with E-state index in [0.717, 1.165) is 7.11 Å². The Hall–Kier alpha value is -3.51. The molecule has 2 aromatic rings. The molecule has 2 aromatic carbocycles. The molecule has 0 aromatic heterocycles. The number of hydrogen-bond donors (Lipinski definition) is 5. The molecule has 5 aliphatic rings. The highest BCUT2D eigenvalue weighted by Gasteiger charge is 2.53. The number of phenolic OH excluding ortho intramolecular Hbond substituents is 2. The molecule has 15 heteroatoms. The number of aliphatic hydroxyl groups is 3. The van der Waals surface area contributed by atoms with Crippen molar-refractivity contribution in [3.8, 4) is 11.5 Å². The molecule has 3 fully saturated rings. The summed E-state index contributed by atoms with van der Waals surface area (Å²) in [4.78, 5) is 40.9. The van der Waals surface area contributed by atoms with Crippen LogP contribution in [0.2, 0.25) is 0 Å². The predicted octanol–water partition coefficient (Wildman–Crippen LogP) is 3.41. The van der Waals surface area contributed by atoms with E-state index in [1.807, 2.05) is 13.8 Å². The largest absolute Gasteiger partial charge is 0.507 e. The van der Waals surface area contributed by atoms with Gasteiger partial charge in [0.15, 0.2) is 24.7 Å². The molecule has 0 radical (unpaired) electrons. The van der Waals surface area contributed by atoms with Crippen LogP contribution >= 0.6 is 0 Å². The van der Waals surface area contributed by atoms with E-state index in [2.05, 4.69) is 0 Å². The number of aliphatic hydroxyl groups excluding tert-OH is 2. The Morgan fingerprint density at radius 2 is 1.53 bits per heavy atom. The molecule has 2 aliphatic carbocycles. The molecule has 5 N–H and O–H groups in total. The summed E-state index contributed by atoms with van der Waals surface area (Å²) >= 11 is 0. The fourth-order valence-corrected chi connectivity index (χ4v) is 8.80. The van der Waals surface area contributed by atoms with Crippen molar-refractivity contribution in [1.82, 2.24) is 0 Å². The van der Waals surface area contributed by atoms with Crippen LogP contribution in [0.3, 0.4) is 0 Å². The Morgan fingerprint density at radius 1 is 0.836 bits per heavy atom. The number of methoxy groups -OCH3 is 1. The van der Waals surface area contributed by atoms with Gasteiger partial charge in [0.05, 0.1) is 66.6 Å². The molecule has 0 amide bonds. The molecule has 3 heterocycles. The molecule has 300 valence electrons. The third-order valence-electron chi connectivity index (χ3n) is 11.9. The molecule has 7 rings (SSSR count). The zero-order valence-corrected chi connectivity index (χ0v) is 31.5. The topological polar surface area (TPSA) is 217 Å². The van der Waals surface area contributed by atoms with Crippen molar-refractivity contribution >= 4 is 17.5 Å². The highest BCUT2D eigenvalue weighted by atomic mass is 16.7. The first kappa shape index (κ1) is 39.7. The average Bonchev–Trinajstić information content (AvgIpc) is 3.14. The second-order valence-corrected chi connectivity index (χ2v) is 15.4. The van der Waals surface area contributed by atoms with Gasteiger partial charge in [0.1, 0.15) is 23.5 Å². The van der Waals surface area contributed by atoms with Crippen molar-refractivity contribution in [2.75, 3.05) is 7.11 Å². The molecule has 3 aliphatic heterocycles. The summed E-state index contributed by atoms with van der Waals surface area (Å²) in [6, 6.07) is 5.39. The number of rotatable bonds is 8. The lowest BCUT2D eigenvalue weighted by atomic mass is 9.67. The van der Waals surface area contributed by atoms with Crippen molar-refractivity contribution in [3.63, 3.8) is 0 Å². The lowest BCUT2D eigenvalue weighted by Crippen LogP contribution is -2.53. The molecular weight excluding hydrogens is 720 g/mol. The van der Waals surface area contributed by atoms with Gasteiger partial charge < -0.3 is 58.7 Å². The number of ketones is 2. The normalized spacial score (nSPS) is 37.5. The summed E-state index contributed by atoms with van der Waals surface area (Å²) in [7, 11) is 1.16. The van der Waals surface area contributed by atoms with Crippen LogP contribution in [-0.2, 0) is 38.0 Å². The van der Waals surface area contributed by atoms with Gasteiger partial charge >= 0.3 is 5.97 Å². The molecule has 3 saturated heterocycles. The fraction of sp³-hybridized carbons (Fsp3) is 0.625. The maximum absolute atomic E-state index is 13.8. The van der Waals surface area contributed by atoms with Crippen molar-refractivity contribution < 1.29 is 73.1 Å². The van der Waals surface area contributed by atoms with E-state index < -0.39 is 89.9 Å². The number of aromatic hydroxyl groups is 2. The van der Waals surface area contributed by atoms with Gasteiger partial charge in [-0.1, -0.05) is 19.1 Å². The van der Waals surface area contributed by atoms with Crippen LogP contribution in [0.5, 0.6) is 11.5 Å². The highest BCUT2D eigenvalue weighted by Crippen LogP contribution is 2.54. The van der Waals surface area contributed by atoms with Gasteiger partial charge in [0.2, 0.25) is 5.78 Å². The highest BCUT2D eigenvalue weighted by molar-refractivity contribution is 6.30. The van der Waals surface area contributed by atoms with Crippen LogP contribution < -0.4 is 0 Å². The van der Waals surface area contributed by atoms with E-state index in [9.17, 15) is 39.9 Å². The van der Waals surface area contributed by atoms with Crippen LogP contribution in [0.4, 0.5) is 0 Å². The van der Waals surface area contributed by atoms with Crippen LogP contribution in [0.15, 0.2) is 24.3 Å². The Balaban J connectivity index is 1.09. The summed E-state index contributed by atoms with van der Waals surface area (Å²) in [5.41, 5.74) is -2.62. The zero-order chi connectivity index (χ0) is 39.5. The van der Waals surface area contributed by atoms with Crippen LogP contribution in [0.25, 0.3) is 0 Å². The van der Waals surface area contributed by atoms with Gasteiger partial charge in [0, 0.05) is 42.4 Å². The zero-order valence-electron chi connectivity index (χ0n) is 31.5.